The van der Waals surface area contributed by atoms with Crippen molar-refractivity contribution in [3.05, 3.63) is 0 Å². The molecule has 0 aromatic rings. The first-order valence-corrected chi connectivity index (χ1v) is 5.45. The van der Waals surface area contributed by atoms with Crippen LogP contribution in [-0.2, 0) is 0 Å². The van der Waals surface area contributed by atoms with Gasteiger partial charge in [0, 0.05) is 19.6 Å². The van der Waals surface area contributed by atoms with Crippen LogP contribution in [0.25, 0.3) is 0 Å². The van der Waals surface area contributed by atoms with Crippen molar-refractivity contribution < 1.29 is 0 Å². The van der Waals surface area contributed by atoms with E-state index in [1.54, 1.807) is 0 Å². The monoisotopic (exact) mass is 198 g/mol. The molecule has 82 valence electrons. The summed E-state index contributed by atoms with van der Waals surface area (Å²) in [6.45, 7) is 9.53. The first-order chi connectivity index (χ1) is 6.69. The molecule has 2 atom stereocenters. The van der Waals surface area contributed by atoms with Crippen molar-refractivity contribution in [3.8, 4) is 0 Å². The van der Waals surface area contributed by atoms with Crippen LogP contribution in [0.15, 0.2) is 4.99 Å². The third-order valence-electron chi connectivity index (χ3n) is 3.07. The lowest BCUT2D eigenvalue weighted by Crippen LogP contribution is -2.50. The zero-order valence-electron chi connectivity index (χ0n) is 9.45. The molecule has 3 N–H and O–H groups in total. The highest BCUT2D eigenvalue weighted by Crippen LogP contribution is 2.22. The van der Waals surface area contributed by atoms with Crippen LogP contribution in [0.4, 0.5) is 0 Å². The summed E-state index contributed by atoms with van der Waals surface area (Å²) in [5.41, 5.74) is 2.68. The fraction of sp³-hybridized carbons (Fsp3) is 0.900. The van der Waals surface area contributed by atoms with E-state index in [0.29, 0.717) is 0 Å². The Bertz CT molecular complexity index is 202. The molecule has 0 radical (unpaired) electrons. The maximum atomic E-state index is 5.45. The standard InChI is InChI=1S/C10H22N4/c1-4-12-10(13-11)14-6-5-8(2)9(3)7-14/h8-9H,4-7,11H2,1-3H3,(H,12,13). The summed E-state index contributed by atoms with van der Waals surface area (Å²) in [6, 6.07) is 0. The Balaban J connectivity index is 2.56. The molecule has 4 heteroatoms. The van der Waals surface area contributed by atoms with Crippen LogP contribution in [0.2, 0.25) is 0 Å². The van der Waals surface area contributed by atoms with Crippen molar-refractivity contribution in [2.45, 2.75) is 27.2 Å². The van der Waals surface area contributed by atoms with Crippen LogP contribution in [0.3, 0.4) is 0 Å². The molecule has 1 fully saturated rings. The van der Waals surface area contributed by atoms with E-state index >= 15 is 0 Å². The molecule has 1 aliphatic rings. The van der Waals surface area contributed by atoms with E-state index < -0.39 is 0 Å². The topological polar surface area (TPSA) is 53.6 Å². The first-order valence-electron chi connectivity index (χ1n) is 5.45. The van der Waals surface area contributed by atoms with Gasteiger partial charge in [-0.3, -0.25) is 10.4 Å². The molecule has 2 unspecified atom stereocenters. The van der Waals surface area contributed by atoms with E-state index in [-0.39, 0.29) is 0 Å². The zero-order valence-corrected chi connectivity index (χ0v) is 9.45. The minimum absolute atomic E-state index is 0.721. The van der Waals surface area contributed by atoms with Crippen molar-refractivity contribution in [3.63, 3.8) is 0 Å². The molecule has 0 aromatic carbocycles. The highest BCUT2D eigenvalue weighted by atomic mass is 15.4. The molecule has 4 nitrogen and oxygen atoms in total. The van der Waals surface area contributed by atoms with Crippen LogP contribution in [0, 0.1) is 11.8 Å². The van der Waals surface area contributed by atoms with E-state index in [1.165, 1.54) is 6.42 Å². The van der Waals surface area contributed by atoms with Gasteiger partial charge in [0.05, 0.1) is 0 Å². The zero-order chi connectivity index (χ0) is 10.6. The summed E-state index contributed by atoms with van der Waals surface area (Å²) in [5.74, 6) is 7.82. The second-order valence-corrected chi connectivity index (χ2v) is 4.13. The molecule has 0 bridgehead atoms. The van der Waals surface area contributed by atoms with Crippen molar-refractivity contribution in [1.29, 1.82) is 0 Å². The van der Waals surface area contributed by atoms with Crippen LogP contribution in [0.5, 0.6) is 0 Å². The van der Waals surface area contributed by atoms with Crippen molar-refractivity contribution in [1.82, 2.24) is 10.3 Å². The number of likely N-dealkylation sites (tertiary alicyclic amines) is 1. The molecule has 1 heterocycles. The summed E-state index contributed by atoms with van der Waals surface area (Å²) < 4.78 is 0. The Hall–Kier alpha value is -0.770. The lowest BCUT2D eigenvalue weighted by Gasteiger charge is -2.36. The lowest BCUT2D eigenvalue weighted by atomic mass is 9.89. The maximum Gasteiger partial charge on any atom is 0.208 e. The number of guanidine groups is 1. The molecule has 14 heavy (non-hydrogen) atoms. The minimum atomic E-state index is 0.721. The van der Waals surface area contributed by atoms with Crippen molar-refractivity contribution >= 4 is 5.96 Å². The molecular formula is C10H22N4. The van der Waals surface area contributed by atoms with Gasteiger partial charge in [0.2, 0.25) is 5.96 Å². The van der Waals surface area contributed by atoms with Gasteiger partial charge in [-0.1, -0.05) is 13.8 Å². The smallest absolute Gasteiger partial charge is 0.208 e. The lowest BCUT2D eigenvalue weighted by molar-refractivity contribution is 0.200. The molecular weight excluding hydrogens is 176 g/mol. The van der Waals surface area contributed by atoms with E-state index in [1.807, 2.05) is 6.92 Å². The SMILES string of the molecule is CCN=C(NN)N1CCC(C)C(C)C1. The summed E-state index contributed by atoms with van der Waals surface area (Å²) >= 11 is 0. The van der Waals surface area contributed by atoms with Crippen LogP contribution in [0.1, 0.15) is 27.2 Å². The number of hydrazine groups is 1. The Morgan fingerprint density at radius 2 is 2.21 bits per heavy atom. The van der Waals surface area contributed by atoms with Gasteiger partial charge in [-0.2, -0.15) is 0 Å². The normalized spacial score (nSPS) is 29.1. The fourth-order valence-corrected chi connectivity index (χ4v) is 1.84. The maximum absolute atomic E-state index is 5.45. The average molecular weight is 198 g/mol. The summed E-state index contributed by atoms with van der Waals surface area (Å²) in [4.78, 5) is 6.58. The van der Waals surface area contributed by atoms with Gasteiger partial charge in [0.25, 0.3) is 0 Å². The third kappa shape index (κ3) is 2.61. The fourth-order valence-electron chi connectivity index (χ4n) is 1.84. The Kier molecular flexibility index (Phi) is 4.20. The van der Waals surface area contributed by atoms with Crippen LogP contribution in [-0.4, -0.2) is 30.5 Å². The number of aliphatic imine (C=N–C) groups is 1. The summed E-state index contributed by atoms with van der Waals surface area (Å²) in [7, 11) is 0. The van der Waals surface area contributed by atoms with Gasteiger partial charge in [0.15, 0.2) is 0 Å². The number of hydrogen-bond acceptors (Lipinski definition) is 2. The predicted molar refractivity (Wildman–Crippen MR) is 59.8 cm³/mol. The van der Waals surface area contributed by atoms with Gasteiger partial charge >= 0.3 is 0 Å². The van der Waals surface area contributed by atoms with Gasteiger partial charge in [-0.25, -0.2) is 5.84 Å². The molecule has 1 saturated heterocycles. The number of nitrogens with two attached hydrogens (primary N) is 1. The second kappa shape index (κ2) is 5.20. The molecule has 0 saturated carbocycles. The first kappa shape index (κ1) is 11.3. The molecule has 0 spiro atoms. The van der Waals surface area contributed by atoms with E-state index in [4.69, 9.17) is 5.84 Å². The van der Waals surface area contributed by atoms with Gasteiger partial charge in [0.1, 0.15) is 0 Å². The number of nitrogens with zero attached hydrogens (tertiary/aromatic N) is 2. The molecule has 0 aromatic heterocycles. The average Bonchev–Trinajstić information content (AvgIpc) is 2.19. The van der Waals surface area contributed by atoms with Crippen molar-refractivity contribution in [2.24, 2.45) is 22.7 Å². The van der Waals surface area contributed by atoms with E-state index in [2.05, 4.69) is 29.2 Å². The van der Waals surface area contributed by atoms with E-state index in [0.717, 1.165) is 37.4 Å². The van der Waals surface area contributed by atoms with Gasteiger partial charge in [-0.05, 0) is 25.2 Å². The Labute approximate surface area is 86.5 Å². The quantitative estimate of drug-likeness (QED) is 0.284. The number of piperidine rings is 1. The second-order valence-electron chi connectivity index (χ2n) is 4.13. The summed E-state index contributed by atoms with van der Waals surface area (Å²) in [5, 5.41) is 0. The Morgan fingerprint density at radius 1 is 1.50 bits per heavy atom. The molecule has 1 rings (SSSR count). The summed E-state index contributed by atoms with van der Waals surface area (Å²) in [6.07, 6.45) is 1.23. The molecule has 0 aliphatic carbocycles. The highest BCUT2D eigenvalue weighted by molar-refractivity contribution is 5.79. The third-order valence-corrected chi connectivity index (χ3v) is 3.07. The highest BCUT2D eigenvalue weighted by Gasteiger charge is 2.24. The van der Waals surface area contributed by atoms with Crippen LogP contribution < -0.4 is 11.3 Å². The van der Waals surface area contributed by atoms with Gasteiger partial charge in [-0.15, -0.1) is 0 Å². The minimum Gasteiger partial charge on any atom is -0.342 e. The van der Waals surface area contributed by atoms with Crippen molar-refractivity contribution in [2.75, 3.05) is 19.6 Å². The molecule has 1 aliphatic heterocycles. The molecule has 0 amide bonds. The van der Waals surface area contributed by atoms with Crippen LogP contribution >= 0.6 is 0 Å². The van der Waals surface area contributed by atoms with Gasteiger partial charge < -0.3 is 4.90 Å². The Morgan fingerprint density at radius 3 is 2.71 bits per heavy atom. The largest absolute Gasteiger partial charge is 0.342 e. The number of hydrogen-bond donors (Lipinski definition) is 2. The number of nitrogens with one attached hydrogen (secondary N) is 1. The van der Waals surface area contributed by atoms with E-state index in [9.17, 15) is 0 Å². The predicted octanol–water partition coefficient (Wildman–Crippen LogP) is 0.804. The number of rotatable bonds is 1.